The van der Waals surface area contributed by atoms with Crippen molar-refractivity contribution in [3.63, 3.8) is 0 Å². The zero-order valence-corrected chi connectivity index (χ0v) is 10.6. The molecule has 1 aromatic rings. The Bertz CT molecular complexity index is 479. The first-order valence-corrected chi connectivity index (χ1v) is 5.55. The molecule has 0 spiro atoms. The summed E-state index contributed by atoms with van der Waals surface area (Å²) in [5.74, 6) is -2.22. The predicted octanol–water partition coefficient (Wildman–Crippen LogP) is 1.68. The number of benzene rings is 1. The zero-order chi connectivity index (χ0) is 14.4. The normalized spacial score (nSPS) is 11.5. The Morgan fingerprint density at radius 2 is 2.16 bits per heavy atom. The van der Waals surface area contributed by atoms with Gasteiger partial charge in [0.2, 0.25) is 0 Å². The molecule has 1 aromatic carbocycles. The fourth-order valence-electron chi connectivity index (χ4n) is 1.25. The highest BCUT2D eigenvalue weighted by Gasteiger charge is 2.12. The molecule has 7 heteroatoms. The van der Waals surface area contributed by atoms with Crippen LogP contribution in [0.3, 0.4) is 0 Å². The number of carbonyl (C=O) groups is 2. The lowest BCUT2D eigenvalue weighted by molar-refractivity contribution is -0.140. The van der Waals surface area contributed by atoms with Gasteiger partial charge in [-0.05, 0) is 12.1 Å². The maximum absolute atomic E-state index is 13.3. The number of anilines is 1. The summed E-state index contributed by atoms with van der Waals surface area (Å²) in [4.78, 5) is 22.0. The summed E-state index contributed by atoms with van der Waals surface area (Å²) in [6.07, 6.45) is 0. The van der Waals surface area contributed by atoms with E-state index in [9.17, 15) is 14.0 Å². The SMILES string of the molecule is COc1ccc(NC(=O)NCC(C)C(=O)O)cc1F. The molecule has 0 bridgehead atoms. The first-order chi connectivity index (χ1) is 8.93. The largest absolute Gasteiger partial charge is 0.494 e. The Labute approximate surface area is 109 Å². The van der Waals surface area contributed by atoms with Crippen LogP contribution in [-0.4, -0.2) is 30.8 Å². The highest BCUT2D eigenvalue weighted by molar-refractivity contribution is 5.89. The Morgan fingerprint density at radius 3 is 2.68 bits per heavy atom. The van der Waals surface area contributed by atoms with Crippen LogP contribution in [0.25, 0.3) is 0 Å². The van der Waals surface area contributed by atoms with Crippen molar-refractivity contribution >= 4 is 17.7 Å². The van der Waals surface area contributed by atoms with Crippen LogP contribution >= 0.6 is 0 Å². The van der Waals surface area contributed by atoms with Crippen molar-refractivity contribution in [3.05, 3.63) is 24.0 Å². The summed E-state index contributed by atoms with van der Waals surface area (Å²) < 4.78 is 18.1. The van der Waals surface area contributed by atoms with E-state index in [0.717, 1.165) is 6.07 Å². The van der Waals surface area contributed by atoms with Gasteiger partial charge in [-0.15, -0.1) is 0 Å². The Morgan fingerprint density at radius 1 is 1.47 bits per heavy atom. The van der Waals surface area contributed by atoms with E-state index in [4.69, 9.17) is 9.84 Å². The topological polar surface area (TPSA) is 87.7 Å². The number of nitrogens with one attached hydrogen (secondary N) is 2. The molecule has 0 aliphatic carbocycles. The molecule has 0 saturated carbocycles. The molecular weight excluding hydrogens is 255 g/mol. The molecular formula is C12H15FN2O4. The molecule has 3 N–H and O–H groups in total. The van der Waals surface area contributed by atoms with Gasteiger partial charge in [-0.3, -0.25) is 4.79 Å². The van der Waals surface area contributed by atoms with Crippen LogP contribution in [0.4, 0.5) is 14.9 Å². The molecule has 104 valence electrons. The molecule has 6 nitrogen and oxygen atoms in total. The van der Waals surface area contributed by atoms with E-state index in [2.05, 4.69) is 10.6 Å². The van der Waals surface area contributed by atoms with Gasteiger partial charge in [0.05, 0.1) is 13.0 Å². The van der Waals surface area contributed by atoms with Gasteiger partial charge in [-0.25, -0.2) is 9.18 Å². The third kappa shape index (κ3) is 4.46. The van der Waals surface area contributed by atoms with Crippen molar-refractivity contribution in [2.75, 3.05) is 19.0 Å². The molecule has 1 rings (SSSR count). The molecule has 0 aliphatic rings. The minimum atomic E-state index is -1.00. The molecule has 0 aliphatic heterocycles. The molecule has 2 amide bonds. The number of hydrogen-bond acceptors (Lipinski definition) is 3. The summed E-state index contributed by atoms with van der Waals surface area (Å²) in [7, 11) is 1.34. The Hall–Kier alpha value is -2.31. The minimum absolute atomic E-state index is 0.0141. The summed E-state index contributed by atoms with van der Waals surface area (Å²) in [5, 5.41) is 13.4. The number of methoxy groups -OCH3 is 1. The van der Waals surface area contributed by atoms with Crippen molar-refractivity contribution in [2.45, 2.75) is 6.92 Å². The zero-order valence-electron chi connectivity index (χ0n) is 10.6. The Balaban J connectivity index is 2.53. The van der Waals surface area contributed by atoms with Crippen molar-refractivity contribution < 1.29 is 23.8 Å². The summed E-state index contributed by atoms with van der Waals surface area (Å²) in [6, 6.07) is 3.36. The third-order valence-corrected chi connectivity index (χ3v) is 2.40. The third-order valence-electron chi connectivity index (χ3n) is 2.40. The lowest BCUT2D eigenvalue weighted by Crippen LogP contribution is -2.34. The van der Waals surface area contributed by atoms with Crippen LogP contribution in [0.1, 0.15) is 6.92 Å². The molecule has 1 unspecified atom stereocenters. The van der Waals surface area contributed by atoms with Gasteiger partial charge in [-0.1, -0.05) is 6.92 Å². The van der Waals surface area contributed by atoms with E-state index in [1.807, 2.05) is 0 Å². The minimum Gasteiger partial charge on any atom is -0.494 e. The average Bonchev–Trinajstić information content (AvgIpc) is 2.36. The van der Waals surface area contributed by atoms with Crippen LogP contribution in [0.2, 0.25) is 0 Å². The number of ether oxygens (including phenoxy) is 1. The number of carbonyl (C=O) groups excluding carboxylic acids is 1. The maximum atomic E-state index is 13.3. The lowest BCUT2D eigenvalue weighted by atomic mass is 10.2. The van der Waals surface area contributed by atoms with Gasteiger partial charge < -0.3 is 20.5 Å². The van der Waals surface area contributed by atoms with E-state index in [-0.39, 0.29) is 18.0 Å². The quantitative estimate of drug-likeness (QED) is 0.759. The first-order valence-electron chi connectivity index (χ1n) is 5.55. The predicted molar refractivity (Wildman–Crippen MR) is 66.8 cm³/mol. The summed E-state index contributed by atoms with van der Waals surface area (Å²) in [5.41, 5.74) is 0.249. The van der Waals surface area contributed by atoms with Crippen molar-refractivity contribution in [2.24, 2.45) is 5.92 Å². The van der Waals surface area contributed by atoms with Gasteiger partial charge in [0.15, 0.2) is 11.6 Å². The van der Waals surface area contributed by atoms with Crippen molar-refractivity contribution in [1.29, 1.82) is 0 Å². The number of urea groups is 1. The molecule has 19 heavy (non-hydrogen) atoms. The monoisotopic (exact) mass is 270 g/mol. The summed E-state index contributed by atoms with van der Waals surface area (Å²) >= 11 is 0. The van der Waals surface area contributed by atoms with Gasteiger partial charge in [0, 0.05) is 18.3 Å². The van der Waals surface area contributed by atoms with Crippen LogP contribution in [0.5, 0.6) is 5.75 Å². The van der Waals surface area contributed by atoms with Gasteiger partial charge in [-0.2, -0.15) is 0 Å². The molecule has 0 saturated heterocycles. The molecule has 0 heterocycles. The highest BCUT2D eigenvalue weighted by Crippen LogP contribution is 2.20. The second kappa shape index (κ2) is 6.58. The second-order valence-electron chi connectivity index (χ2n) is 3.92. The lowest BCUT2D eigenvalue weighted by Gasteiger charge is -2.10. The molecule has 1 atom stereocenters. The maximum Gasteiger partial charge on any atom is 0.319 e. The van der Waals surface area contributed by atoms with E-state index in [1.165, 1.54) is 26.2 Å². The number of aliphatic carboxylic acids is 1. The molecule has 0 radical (unpaired) electrons. The van der Waals surface area contributed by atoms with E-state index >= 15 is 0 Å². The number of carboxylic acid groups (broad SMARTS) is 1. The Kier molecular flexibility index (Phi) is 5.11. The average molecular weight is 270 g/mol. The standard InChI is InChI=1S/C12H15FN2O4/c1-7(11(16)17)6-14-12(18)15-8-3-4-10(19-2)9(13)5-8/h3-5,7H,6H2,1-2H3,(H,16,17)(H2,14,15,18). The summed E-state index contributed by atoms with van der Waals surface area (Å²) in [6.45, 7) is 1.45. The van der Waals surface area contributed by atoms with Crippen LogP contribution in [0, 0.1) is 11.7 Å². The molecule has 0 aromatic heterocycles. The van der Waals surface area contributed by atoms with Crippen LogP contribution in [-0.2, 0) is 4.79 Å². The smallest absolute Gasteiger partial charge is 0.319 e. The van der Waals surface area contributed by atoms with Crippen LogP contribution in [0.15, 0.2) is 18.2 Å². The number of halogens is 1. The van der Waals surface area contributed by atoms with Crippen molar-refractivity contribution in [1.82, 2.24) is 5.32 Å². The molecule has 0 fully saturated rings. The van der Waals surface area contributed by atoms with Crippen LogP contribution < -0.4 is 15.4 Å². The van der Waals surface area contributed by atoms with E-state index in [0.29, 0.717) is 0 Å². The number of rotatable bonds is 5. The fourth-order valence-corrected chi connectivity index (χ4v) is 1.25. The second-order valence-corrected chi connectivity index (χ2v) is 3.92. The van der Waals surface area contributed by atoms with E-state index < -0.39 is 23.7 Å². The number of carboxylic acids is 1. The van der Waals surface area contributed by atoms with Gasteiger partial charge in [0.25, 0.3) is 0 Å². The van der Waals surface area contributed by atoms with Crippen molar-refractivity contribution in [3.8, 4) is 5.75 Å². The van der Waals surface area contributed by atoms with Gasteiger partial charge >= 0.3 is 12.0 Å². The fraction of sp³-hybridized carbons (Fsp3) is 0.333. The first kappa shape index (κ1) is 14.7. The number of amides is 2. The number of hydrogen-bond donors (Lipinski definition) is 3. The highest BCUT2D eigenvalue weighted by atomic mass is 19.1. The van der Waals surface area contributed by atoms with Gasteiger partial charge in [0.1, 0.15) is 0 Å². The van der Waals surface area contributed by atoms with E-state index in [1.54, 1.807) is 0 Å².